The molecule has 0 unspecified atom stereocenters. The second-order valence-electron chi connectivity index (χ2n) is 5.37. The van der Waals surface area contributed by atoms with E-state index in [1.54, 1.807) is 42.5 Å². The minimum atomic E-state index is -0.463. The van der Waals surface area contributed by atoms with Crippen molar-refractivity contribution < 1.29 is 19.1 Å². The van der Waals surface area contributed by atoms with E-state index >= 15 is 0 Å². The largest absolute Gasteiger partial charge is 0.492 e. The molecule has 2 N–H and O–H groups in total. The van der Waals surface area contributed by atoms with Crippen LogP contribution in [-0.2, 0) is 9.59 Å². The molecule has 2 aromatic rings. The van der Waals surface area contributed by atoms with Crippen LogP contribution in [0.3, 0.4) is 0 Å². The molecule has 0 aliphatic rings. The molecule has 0 radical (unpaired) electrons. The molecule has 27 heavy (non-hydrogen) atoms. The Hall–Kier alpha value is -1.96. The molecular weight excluding hydrogens is 459 g/mol. The smallest absolute Gasteiger partial charge is 0.276 e. The molecular formula is C18H17BrCl2N2O4. The molecule has 0 heterocycles. The Morgan fingerprint density at radius 3 is 2.37 bits per heavy atom. The summed E-state index contributed by atoms with van der Waals surface area (Å²) in [5, 5.41) is 0.927. The topological polar surface area (TPSA) is 76.7 Å². The normalized spacial score (nSPS) is 10.2. The number of hydrogen-bond acceptors (Lipinski definition) is 4. The first-order chi connectivity index (χ1) is 12.9. The number of carbonyl (C=O) groups excluding carboxylic acids is 2. The zero-order valence-corrected chi connectivity index (χ0v) is 17.2. The summed E-state index contributed by atoms with van der Waals surface area (Å²) in [6.07, 6.45) is 0.634. The van der Waals surface area contributed by atoms with Crippen LogP contribution in [0, 0.1) is 0 Å². The number of carbonyl (C=O) groups is 2. The minimum absolute atomic E-state index is 0.180. The molecule has 6 nitrogen and oxygen atoms in total. The van der Waals surface area contributed by atoms with Gasteiger partial charge in [0.2, 0.25) is 5.91 Å². The van der Waals surface area contributed by atoms with Crippen LogP contribution >= 0.6 is 39.1 Å². The maximum atomic E-state index is 11.7. The number of hydrogen-bond donors (Lipinski definition) is 2. The molecule has 2 aromatic carbocycles. The second kappa shape index (κ2) is 11.0. The highest BCUT2D eigenvalue weighted by atomic mass is 79.9. The molecule has 0 saturated heterocycles. The van der Waals surface area contributed by atoms with Crippen molar-refractivity contribution in [1.29, 1.82) is 0 Å². The molecule has 0 aliphatic carbocycles. The summed E-state index contributed by atoms with van der Waals surface area (Å²) in [7, 11) is 0. The zero-order chi connectivity index (χ0) is 19.6. The van der Waals surface area contributed by atoms with Crippen molar-refractivity contribution in [2.45, 2.75) is 12.8 Å². The molecule has 0 bridgehead atoms. The van der Waals surface area contributed by atoms with E-state index in [1.165, 1.54) is 0 Å². The summed E-state index contributed by atoms with van der Waals surface area (Å²) >= 11 is 15.1. The van der Waals surface area contributed by atoms with E-state index in [9.17, 15) is 9.59 Å². The fraction of sp³-hybridized carbons (Fsp3) is 0.222. The summed E-state index contributed by atoms with van der Waals surface area (Å²) in [6, 6.07) is 12.0. The van der Waals surface area contributed by atoms with Crippen molar-refractivity contribution in [3.05, 3.63) is 57.0 Å². The molecule has 0 saturated carbocycles. The molecule has 0 aromatic heterocycles. The van der Waals surface area contributed by atoms with Crippen LogP contribution in [0.25, 0.3) is 0 Å². The van der Waals surface area contributed by atoms with Crippen molar-refractivity contribution in [2.24, 2.45) is 0 Å². The second-order valence-corrected chi connectivity index (χ2v) is 7.13. The van der Waals surface area contributed by atoms with Crippen LogP contribution in [0.15, 0.2) is 46.9 Å². The molecule has 0 spiro atoms. The summed E-state index contributed by atoms with van der Waals surface area (Å²) in [6.45, 7) is 0.0927. The van der Waals surface area contributed by atoms with Crippen LogP contribution in [0.2, 0.25) is 10.0 Å². The van der Waals surface area contributed by atoms with Gasteiger partial charge in [-0.1, -0.05) is 39.1 Å². The van der Waals surface area contributed by atoms with Gasteiger partial charge < -0.3 is 9.47 Å². The summed E-state index contributed by atoms with van der Waals surface area (Å²) in [5.74, 6) is 0.255. The Balaban J connectivity index is 1.58. The fourth-order valence-electron chi connectivity index (χ4n) is 1.92. The van der Waals surface area contributed by atoms with Crippen molar-refractivity contribution in [3.8, 4) is 11.5 Å². The lowest BCUT2D eigenvalue weighted by Gasteiger charge is -2.10. The molecule has 144 valence electrons. The predicted molar refractivity (Wildman–Crippen MR) is 107 cm³/mol. The quantitative estimate of drug-likeness (QED) is 0.444. The summed E-state index contributed by atoms with van der Waals surface area (Å²) < 4.78 is 11.7. The van der Waals surface area contributed by atoms with E-state index in [2.05, 4.69) is 26.8 Å². The lowest BCUT2D eigenvalue weighted by atomic mass is 10.3. The number of halogens is 3. The van der Waals surface area contributed by atoms with Gasteiger partial charge in [0.05, 0.1) is 11.6 Å². The zero-order valence-electron chi connectivity index (χ0n) is 14.1. The lowest BCUT2D eigenvalue weighted by Crippen LogP contribution is -2.43. The third kappa shape index (κ3) is 8.07. The predicted octanol–water partition coefficient (Wildman–Crippen LogP) is 4.14. The molecule has 0 aliphatic heterocycles. The van der Waals surface area contributed by atoms with Crippen LogP contribution in [0.5, 0.6) is 11.5 Å². The van der Waals surface area contributed by atoms with Crippen molar-refractivity contribution in [2.75, 3.05) is 13.2 Å². The SMILES string of the molecule is O=C(CCCOc1ccc(Cl)cc1Cl)NNC(=O)COc1ccc(Br)cc1. The standard InChI is InChI=1S/C18H17BrCl2N2O4/c19-12-3-6-14(7-4-12)27-11-18(25)23-22-17(24)2-1-9-26-16-8-5-13(20)10-15(16)21/h3-8,10H,1-2,9,11H2,(H,22,24)(H,23,25). The Kier molecular flexibility index (Phi) is 8.71. The van der Waals surface area contributed by atoms with Gasteiger partial charge >= 0.3 is 0 Å². The highest BCUT2D eigenvalue weighted by molar-refractivity contribution is 9.10. The maximum absolute atomic E-state index is 11.7. The Morgan fingerprint density at radius 1 is 0.963 bits per heavy atom. The van der Waals surface area contributed by atoms with Gasteiger partial charge in [0, 0.05) is 15.9 Å². The Bertz CT molecular complexity index is 787. The van der Waals surface area contributed by atoms with E-state index in [0.717, 1.165) is 4.47 Å². The number of amides is 2. The van der Waals surface area contributed by atoms with Gasteiger partial charge in [0.25, 0.3) is 5.91 Å². The molecule has 9 heteroatoms. The monoisotopic (exact) mass is 474 g/mol. The number of ether oxygens (including phenoxy) is 2. The maximum Gasteiger partial charge on any atom is 0.276 e. The van der Waals surface area contributed by atoms with Crippen LogP contribution < -0.4 is 20.3 Å². The number of rotatable bonds is 8. The van der Waals surface area contributed by atoms with E-state index in [1.807, 2.05) is 0 Å². The minimum Gasteiger partial charge on any atom is -0.492 e. The van der Waals surface area contributed by atoms with Gasteiger partial charge in [-0.15, -0.1) is 0 Å². The van der Waals surface area contributed by atoms with Gasteiger partial charge in [0.1, 0.15) is 11.5 Å². The summed E-state index contributed by atoms with van der Waals surface area (Å²) in [4.78, 5) is 23.4. The number of nitrogens with one attached hydrogen (secondary N) is 2. The fourth-order valence-corrected chi connectivity index (χ4v) is 2.65. The highest BCUT2D eigenvalue weighted by Gasteiger charge is 2.07. The molecule has 0 atom stereocenters. The van der Waals surface area contributed by atoms with Crippen LogP contribution in [0.1, 0.15) is 12.8 Å². The Labute approximate surface area is 175 Å². The highest BCUT2D eigenvalue weighted by Crippen LogP contribution is 2.27. The molecule has 2 amide bonds. The van der Waals surface area contributed by atoms with Gasteiger partial charge in [-0.3, -0.25) is 20.4 Å². The van der Waals surface area contributed by atoms with Crippen LogP contribution in [0.4, 0.5) is 0 Å². The van der Waals surface area contributed by atoms with Crippen LogP contribution in [-0.4, -0.2) is 25.0 Å². The van der Waals surface area contributed by atoms with Gasteiger partial charge in [-0.05, 0) is 48.9 Å². The third-order valence-electron chi connectivity index (χ3n) is 3.22. The lowest BCUT2D eigenvalue weighted by molar-refractivity contribution is -0.130. The first-order valence-corrected chi connectivity index (χ1v) is 9.53. The Morgan fingerprint density at radius 2 is 1.67 bits per heavy atom. The number of benzene rings is 2. The van der Waals surface area contributed by atoms with E-state index in [4.69, 9.17) is 32.7 Å². The van der Waals surface area contributed by atoms with E-state index in [0.29, 0.717) is 34.6 Å². The first-order valence-electron chi connectivity index (χ1n) is 7.98. The van der Waals surface area contributed by atoms with E-state index in [-0.39, 0.29) is 18.9 Å². The van der Waals surface area contributed by atoms with Crippen molar-refractivity contribution in [1.82, 2.24) is 10.9 Å². The van der Waals surface area contributed by atoms with Gasteiger partial charge in [-0.2, -0.15) is 0 Å². The third-order valence-corrected chi connectivity index (χ3v) is 4.28. The average molecular weight is 476 g/mol. The molecule has 0 fully saturated rings. The average Bonchev–Trinajstić information content (AvgIpc) is 2.64. The number of hydrazine groups is 1. The van der Waals surface area contributed by atoms with Gasteiger partial charge in [-0.25, -0.2) is 0 Å². The van der Waals surface area contributed by atoms with Crippen molar-refractivity contribution in [3.63, 3.8) is 0 Å². The van der Waals surface area contributed by atoms with E-state index < -0.39 is 5.91 Å². The summed E-state index contributed by atoms with van der Waals surface area (Å²) in [5.41, 5.74) is 4.61. The molecule has 2 rings (SSSR count). The van der Waals surface area contributed by atoms with Gasteiger partial charge in [0.15, 0.2) is 6.61 Å². The van der Waals surface area contributed by atoms with Crippen molar-refractivity contribution >= 4 is 50.9 Å². The first kappa shape index (κ1) is 21.3.